The lowest BCUT2D eigenvalue weighted by Gasteiger charge is -2.11. The van der Waals surface area contributed by atoms with E-state index in [9.17, 15) is 9.90 Å². The Labute approximate surface area is 105 Å². The van der Waals surface area contributed by atoms with Gasteiger partial charge >= 0.3 is 0 Å². The average molecular weight is 242 g/mol. The zero-order valence-electron chi connectivity index (χ0n) is 10.1. The van der Waals surface area contributed by atoms with Crippen molar-refractivity contribution in [3.05, 3.63) is 47.3 Å². The maximum atomic E-state index is 11.0. The Morgan fingerprint density at radius 1 is 1.17 bits per heavy atom. The summed E-state index contributed by atoms with van der Waals surface area (Å²) < 4.78 is 0. The van der Waals surface area contributed by atoms with Gasteiger partial charge in [-0.15, -0.1) is 0 Å². The number of carboxylic acids is 1. The molecule has 0 spiro atoms. The second-order valence-electron chi connectivity index (χ2n) is 3.93. The van der Waals surface area contributed by atoms with Crippen molar-refractivity contribution in [1.82, 2.24) is 9.97 Å². The number of rotatable bonds is 3. The first-order valence-corrected chi connectivity index (χ1v) is 5.46. The van der Waals surface area contributed by atoms with Gasteiger partial charge in [0.1, 0.15) is 0 Å². The number of para-hydroxylation sites is 1. The molecule has 0 aliphatic carbocycles. The predicted octanol–water partition coefficient (Wildman–Crippen LogP) is 1.20. The second-order valence-corrected chi connectivity index (χ2v) is 3.93. The molecule has 0 aliphatic heterocycles. The number of nitrogens with zero attached hydrogens (tertiary/aromatic N) is 2. The third kappa shape index (κ3) is 2.63. The van der Waals surface area contributed by atoms with Gasteiger partial charge in [0.05, 0.1) is 5.97 Å². The fourth-order valence-electron chi connectivity index (χ4n) is 1.67. The van der Waals surface area contributed by atoms with Gasteiger partial charge < -0.3 is 15.2 Å². The molecule has 5 nitrogen and oxygen atoms in total. The van der Waals surface area contributed by atoms with Crippen LogP contribution in [0.1, 0.15) is 21.7 Å². The van der Waals surface area contributed by atoms with Crippen molar-refractivity contribution in [2.75, 3.05) is 5.32 Å². The van der Waals surface area contributed by atoms with Crippen molar-refractivity contribution in [3.8, 4) is 0 Å². The minimum Gasteiger partial charge on any atom is -0.545 e. The van der Waals surface area contributed by atoms with Crippen LogP contribution in [0.15, 0.2) is 30.3 Å². The zero-order chi connectivity index (χ0) is 13.1. The molecule has 0 radical (unpaired) electrons. The summed E-state index contributed by atoms with van der Waals surface area (Å²) in [6, 6.07) is 8.33. The van der Waals surface area contributed by atoms with Gasteiger partial charge in [0, 0.05) is 22.6 Å². The average Bonchev–Trinajstić information content (AvgIpc) is 2.27. The highest BCUT2D eigenvalue weighted by Crippen LogP contribution is 2.18. The molecule has 0 bridgehead atoms. The van der Waals surface area contributed by atoms with E-state index in [4.69, 9.17) is 0 Å². The predicted molar refractivity (Wildman–Crippen MR) is 65.6 cm³/mol. The smallest absolute Gasteiger partial charge is 0.227 e. The van der Waals surface area contributed by atoms with Crippen LogP contribution in [0.25, 0.3) is 0 Å². The Hall–Kier alpha value is -2.43. The number of hydrogen-bond donors (Lipinski definition) is 1. The number of hydrogen-bond acceptors (Lipinski definition) is 5. The van der Waals surface area contributed by atoms with Crippen LogP contribution >= 0.6 is 0 Å². The fraction of sp³-hybridized carbons (Fsp3) is 0.154. The molecule has 1 aromatic carbocycles. The maximum absolute atomic E-state index is 11.0. The Morgan fingerprint density at radius 2 is 1.78 bits per heavy atom. The highest BCUT2D eigenvalue weighted by molar-refractivity contribution is 5.93. The Kier molecular flexibility index (Phi) is 3.23. The van der Waals surface area contributed by atoms with E-state index in [1.165, 1.54) is 6.07 Å². The van der Waals surface area contributed by atoms with Crippen molar-refractivity contribution < 1.29 is 9.90 Å². The lowest BCUT2D eigenvalue weighted by atomic mass is 10.2. The van der Waals surface area contributed by atoms with Crippen molar-refractivity contribution in [3.63, 3.8) is 0 Å². The normalized spacial score (nSPS) is 10.1. The number of aryl methyl sites for hydroxylation is 2. The van der Waals surface area contributed by atoms with E-state index < -0.39 is 5.97 Å². The van der Waals surface area contributed by atoms with E-state index in [0.717, 1.165) is 11.4 Å². The standard InChI is InChI=1S/C13H13N3O2/c1-8-7-9(2)15-13(14-8)16-11-6-4-3-5-10(11)12(17)18/h3-7H,1-2H3,(H,17,18)(H,14,15,16)/p-1. The van der Waals surface area contributed by atoms with Gasteiger partial charge in [-0.25, -0.2) is 9.97 Å². The molecule has 18 heavy (non-hydrogen) atoms. The summed E-state index contributed by atoms with van der Waals surface area (Å²) in [5.74, 6) is -0.858. The van der Waals surface area contributed by atoms with E-state index in [-0.39, 0.29) is 5.56 Å². The fourth-order valence-corrected chi connectivity index (χ4v) is 1.67. The SMILES string of the molecule is Cc1cc(C)nc(Nc2ccccc2C(=O)[O-])n1. The third-order valence-electron chi connectivity index (χ3n) is 2.38. The maximum Gasteiger partial charge on any atom is 0.227 e. The number of nitrogens with one attached hydrogen (secondary N) is 1. The van der Waals surface area contributed by atoms with Gasteiger partial charge in [-0.2, -0.15) is 0 Å². The number of carboxylic acid groups (broad SMARTS) is 1. The number of aromatic nitrogens is 2. The zero-order valence-corrected chi connectivity index (χ0v) is 10.1. The number of benzene rings is 1. The minimum absolute atomic E-state index is 0.0836. The van der Waals surface area contributed by atoms with Gasteiger partial charge in [0.15, 0.2) is 0 Å². The molecule has 0 saturated heterocycles. The lowest BCUT2D eigenvalue weighted by Crippen LogP contribution is -2.23. The van der Waals surface area contributed by atoms with Crippen LogP contribution in [0, 0.1) is 13.8 Å². The molecule has 0 unspecified atom stereocenters. The van der Waals surface area contributed by atoms with Gasteiger partial charge in [0.25, 0.3) is 0 Å². The number of carbonyl (C=O) groups is 1. The van der Waals surface area contributed by atoms with E-state index in [1.54, 1.807) is 18.2 Å². The molecule has 0 amide bonds. The van der Waals surface area contributed by atoms with Crippen molar-refractivity contribution in [2.45, 2.75) is 13.8 Å². The summed E-state index contributed by atoms with van der Waals surface area (Å²) in [6.07, 6.45) is 0. The van der Waals surface area contributed by atoms with E-state index >= 15 is 0 Å². The summed E-state index contributed by atoms with van der Waals surface area (Å²) in [5, 5.41) is 13.8. The highest BCUT2D eigenvalue weighted by Gasteiger charge is 2.05. The van der Waals surface area contributed by atoms with Crippen LogP contribution in [0.5, 0.6) is 0 Å². The molecule has 92 valence electrons. The van der Waals surface area contributed by atoms with E-state index in [2.05, 4.69) is 15.3 Å². The Bertz CT molecular complexity index is 576. The molecule has 1 aromatic heterocycles. The van der Waals surface area contributed by atoms with Crippen LogP contribution in [-0.4, -0.2) is 15.9 Å². The molecule has 2 aromatic rings. The summed E-state index contributed by atoms with van der Waals surface area (Å²) in [6.45, 7) is 3.70. The molecule has 1 heterocycles. The van der Waals surface area contributed by atoms with Crippen LogP contribution in [0.2, 0.25) is 0 Å². The topological polar surface area (TPSA) is 77.9 Å². The quantitative estimate of drug-likeness (QED) is 0.875. The number of aromatic carboxylic acids is 1. The first kappa shape index (κ1) is 12.0. The molecule has 0 aliphatic rings. The molecule has 0 saturated carbocycles. The molecule has 5 heteroatoms. The Morgan fingerprint density at radius 3 is 2.39 bits per heavy atom. The van der Waals surface area contributed by atoms with Crippen molar-refractivity contribution in [2.24, 2.45) is 0 Å². The van der Waals surface area contributed by atoms with Crippen LogP contribution < -0.4 is 10.4 Å². The summed E-state index contributed by atoms with van der Waals surface area (Å²) >= 11 is 0. The van der Waals surface area contributed by atoms with Gasteiger partial charge in [-0.3, -0.25) is 0 Å². The van der Waals surface area contributed by atoms with Crippen LogP contribution in [0.4, 0.5) is 11.6 Å². The molecule has 0 atom stereocenters. The third-order valence-corrected chi connectivity index (χ3v) is 2.38. The first-order chi connectivity index (χ1) is 8.56. The highest BCUT2D eigenvalue weighted by atomic mass is 16.4. The molecular weight excluding hydrogens is 230 g/mol. The van der Waals surface area contributed by atoms with Crippen LogP contribution in [-0.2, 0) is 0 Å². The van der Waals surface area contributed by atoms with Crippen molar-refractivity contribution >= 4 is 17.6 Å². The molecule has 1 N–H and O–H groups in total. The number of carbonyl (C=O) groups excluding carboxylic acids is 1. The molecular formula is C13H12N3O2-. The Balaban J connectivity index is 2.37. The summed E-state index contributed by atoms with van der Waals surface area (Å²) in [4.78, 5) is 19.3. The van der Waals surface area contributed by atoms with Gasteiger partial charge in [0.2, 0.25) is 5.95 Å². The summed E-state index contributed by atoms with van der Waals surface area (Å²) in [5.41, 5.74) is 2.13. The van der Waals surface area contributed by atoms with E-state index in [0.29, 0.717) is 11.6 Å². The minimum atomic E-state index is -1.23. The first-order valence-electron chi connectivity index (χ1n) is 5.46. The van der Waals surface area contributed by atoms with E-state index in [1.807, 2.05) is 19.9 Å². The van der Waals surface area contributed by atoms with Crippen LogP contribution in [0.3, 0.4) is 0 Å². The van der Waals surface area contributed by atoms with Gasteiger partial charge in [-0.1, -0.05) is 18.2 Å². The summed E-state index contributed by atoms with van der Waals surface area (Å²) in [7, 11) is 0. The molecule has 2 rings (SSSR count). The largest absolute Gasteiger partial charge is 0.545 e. The lowest BCUT2D eigenvalue weighted by molar-refractivity contribution is -0.254. The monoisotopic (exact) mass is 242 g/mol. The second kappa shape index (κ2) is 4.83. The van der Waals surface area contributed by atoms with Crippen molar-refractivity contribution in [1.29, 1.82) is 0 Å². The number of anilines is 2. The van der Waals surface area contributed by atoms with Gasteiger partial charge in [-0.05, 0) is 26.0 Å². The molecule has 0 fully saturated rings.